The molecule has 12 heavy (non-hydrogen) atoms. The summed E-state index contributed by atoms with van der Waals surface area (Å²) in [5.74, 6) is 0. The molecule has 0 aromatic heterocycles. The monoisotopic (exact) mass is 174 g/mol. The van der Waals surface area contributed by atoms with Crippen LogP contribution in [-0.2, 0) is 9.47 Å². The minimum absolute atomic E-state index is 0.228. The first-order chi connectivity index (χ1) is 5.74. The summed E-state index contributed by atoms with van der Waals surface area (Å²) < 4.78 is 10.5. The van der Waals surface area contributed by atoms with Gasteiger partial charge in [0.05, 0.1) is 19.3 Å². The number of morpholine rings is 1. The van der Waals surface area contributed by atoms with Gasteiger partial charge in [-0.3, -0.25) is 0 Å². The lowest BCUT2D eigenvalue weighted by molar-refractivity contribution is -0.118. The molecular weight excluding hydrogens is 156 g/mol. The van der Waals surface area contributed by atoms with Gasteiger partial charge >= 0.3 is 0 Å². The fourth-order valence-corrected chi connectivity index (χ4v) is 1.35. The van der Waals surface area contributed by atoms with Gasteiger partial charge in [0.15, 0.2) is 0 Å². The van der Waals surface area contributed by atoms with Crippen LogP contribution in [0.1, 0.15) is 0 Å². The second-order valence-electron chi connectivity index (χ2n) is 3.21. The normalized spacial score (nSPS) is 26.5. The molecule has 0 bridgehead atoms. The van der Waals surface area contributed by atoms with Crippen LogP contribution >= 0.6 is 0 Å². The fraction of sp³-hybridized carbons (Fsp3) is 1.00. The van der Waals surface area contributed by atoms with Gasteiger partial charge in [-0.1, -0.05) is 0 Å². The average Bonchev–Trinajstić information content (AvgIpc) is 2.05. The number of ether oxygens (including phenoxy) is 2. The molecule has 0 N–H and O–H groups in total. The molecule has 1 rings (SSSR count). The zero-order valence-electron chi connectivity index (χ0n) is 8.12. The molecule has 0 aliphatic carbocycles. The molecule has 72 valence electrons. The molecule has 0 spiro atoms. The summed E-state index contributed by atoms with van der Waals surface area (Å²) >= 11 is 0. The van der Waals surface area contributed by atoms with Crippen molar-refractivity contribution in [3.8, 4) is 0 Å². The molecule has 0 aromatic carbocycles. The van der Waals surface area contributed by atoms with E-state index < -0.39 is 0 Å². The van der Waals surface area contributed by atoms with Crippen molar-refractivity contribution in [1.82, 2.24) is 10.0 Å². The number of rotatable bonds is 3. The Kier molecular flexibility index (Phi) is 3.94. The van der Waals surface area contributed by atoms with Crippen LogP contribution < -0.4 is 0 Å². The Morgan fingerprint density at radius 1 is 1.58 bits per heavy atom. The van der Waals surface area contributed by atoms with E-state index in [4.69, 9.17) is 9.47 Å². The van der Waals surface area contributed by atoms with E-state index in [-0.39, 0.29) is 6.10 Å². The molecule has 1 unspecified atom stereocenters. The lowest BCUT2D eigenvalue weighted by Crippen LogP contribution is -2.50. The number of methoxy groups -OCH3 is 1. The largest absolute Gasteiger partial charge is 0.382 e. The Hall–Kier alpha value is -0.160. The molecule has 0 amide bonds. The summed E-state index contributed by atoms with van der Waals surface area (Å²) in [5.41, 5.74) is 0. The van der Waals surface area contributed by atoms with E-state index in [2.05, 4.69) is 24.1 Å². The smallest absolute Gasteiger partial charge is 0.0949 e. The summed E-state index contributed by atoms with van der Waals surface area (Å²) in [7, 11) is 5.81. The molecule has 0 radical (unpaired) electrons. The predicted molar refractivity (Wildman–Crippen MR) is 46.9 cm³/mol. The topological polar surface area (TPSA) is 24.9 Å². The number of hydrazine groups is 1. The minimum atomic E-state index is 0.228. The van der Waals surface area contributed by atoms with E-state index in [1.807, 2.05) is 0 Å². The summed E-state index contributed by atoms with van der Waals surface area (Å²) in [6.45, 7) is 3.39. The van der Waals surface area contributed by atoms with Crippen LogP contribution in [0, 0.1) is 0 Å². The third kappa shape index (κ3) is 2.71. The molecule has 0 saturated carbocycles. The summed E-state index contributed by atoms with van der Waals surface area (Å²) in [6, 6.07) is 0. The number of nitrogens with zero attached hydrogens (tertiary/aromatic N) is 2. The Labute approximate surface area is 74.0 Å². The second kappa shape index (κ2) is 4.77. The highest BCUT2D eigenvalue weighted by Crippen LogP contribution is 2.05. The third-order valence-electron chi connectivity index (χ3n) is 2.04. The highest BCUT2D eigenvalue weighted by molar-refractivity contribution is 4.67. The van der Waals surface area contributed by atoms with Gasteiger partial charge in [-0.05, 0) is 0 Å². The molecule has 1 heterocycles. The second-order valence-corrected chi connectivity index (χ2v) is 3.21. The first-order valence-corrected chi connectivity index (χ1v) is 4.26. The SMILES string of the molecule is COCC1CN(N(C)C)CCO1. The van der Waals surface area contributed by atoms with E-state index >= 15 is 0 Å². The molecule has 1 atom stereocenters. The lowest BCUT2D eigenvalue weighted by Gasteiger charge is -2.36. The zero-order chi connectivity index (χ0) is 8.97. The molecule has 1 saturated heterocycles. The Bertz CT molecular complexity index is 128. The van der Waals surface area contributed by atoms with E-state index in [1.54, 1.807) is 7.11 Å². The minimum Gasteiger partial charge on any atom is -0.382 e. The van der Waals surface area contributed by atoms with Crippen molar-refractivity contribution in [3.63, 3.8) is 0 Å². The van der Waals surface area contributed by atoms with Gasteiger partial charge in [0.1, 0.15) is 0 Å². The van der Waals surface area contributed by atoms with Crippen LogP contribution in [0.5, 0.6) is 0 Å². The summed E-state index contributed by atoms with van der Waals surface area (Å²) in [4.78, 5) is 0. The maximum atomic E-state index is 5.51. The Morgan fingerprint density at radius 3 is 2.92 bits per heavy atom. The molecule has 1 aliphatic heterocycles. The Balaban J connectivity index is 2.30. The van der Waals surface area contributed by atoms with Crippen LogP contribution in [0.25, 0.3) is 0 Å². The number of hydrogen-bond acceptors (Lipinski definition) is 4. The van der Waals surface area contributed by atoms with Crippen molar-refractivity contribution in [1.29, 1.82) is 0 Å². The van der Waals surface area contributed by atoms with Crippen LogP contribution in [-0.4, -0.2) is 63.6 Å². The third-order valence-corrected chi connectivity index (χ3v) is 2.04. The van der Waals surface area contributed by atoms with Crippen LogP contribution in [0.15, 0.2) is 0 Å². The van der Waals surface area contributed by atoms with Gasteiger partial charge in [0.2, 0.25) is 0 Å². The van der Waals surface area contributed by atoms with Gasteiger partial charge in [0, 0.05) is 34.3 Å². The van der Waals surface area contributed by atoms with Crippen molar-refractivity contribution < 1.29 is 9.47 Å². The highest BCUT2D eigenvalue weighted by atomic mass is 16.5. The number of hydrogen-bond donors (Lipinski definition) is 0. The van der Waals surface area contributed by atoms with E-state index in [0.717, 1.165) is 19.7 Å². The first kappa shape index (κ1) is 9.92. The molecule has 1 fully saturated rings. The maximum absolute atomic E-state index is 5.51. The van der Waals surface area contributed by atoms with Gasteiger partial charge < -0.3 is 9.47 Å². The van der Waals surface area contributed by atoms with E-state index in [0.29, 0.717) is 6.61 Å². The maximum Gasteiger partial charge on any atom is 0.0949 e. The molecular formula is C8H18N2O2. The Morgan fingerprint density at radius 2 is 2.33 bits per heavy atom. The molecule has 4 heteroatoms. The molecule has 4 nitrogen and oxygen atoms in total. The van der Waals surface area contributed by atoms with Crippen molar-refractivity contribution >= 4 is 0 Å². The van der Waals surface area contributed by atoms with Gasteiger partial charge in [0.25, 0.3) is 0 Å². The highest BCUT2D eigenvalue weighted by Gasteiger charge is 2.20. The summed E-state index contributed by atoms with van der Waals surface area (Å²) in [5, 5.41) is 4.36. The van der Waals surface area contributed by atoms with Crippen molar-refractivity contribution in [2.75, 3.05) is 47.5 Å². The average molecular weight is 174 g/mol. The van der Waals surface area contributed by atoms with Crippen molar-refractivity contribution in [2.24, 2.45) is 0 Å². The summed E-state index contributed by atoms with van der Waals surface area (Å²) in [6.07, 6.45) is 0.228. The first-order valence-electron chi connectivity index (χ1n) is 4.26. The fourth-order valence-electron chi connectivity index (χ4n) is 1.35. The van der Waals surface area contributed by atoms with Crippen LogP contribution in [0.2, 0.25) is 0 Å². The molecule has 1 aliphatic rings. The van der Waals surface area contributed by atoms with E-state index in [1.165, 1.54) is 0 Å². The lowest BCUT2D eigenvalue weighted by atomic mass is 10.3. The van der Waals surface area contributed by atoms with Gasteiger partial charge in [-0.25, -0.2) is 10.0 Å². The van der Waals surface area contributed by atoms with Crippen LogP contribution in [0.4, 0.5) is 0 Å². The standard InChI is InChI=1S/C8H18N2O2/c1-9(2)10-4-5-12-8(6-10)7-11-3/h8H,4-7H2,1-3H3. The van der Waals surface area contributed by atoms with Gasteiger partial charge in [-0.15, -0.1) is 0 Å². The zero-order valence-corrected chi connectivity index (χ0v) is 8.12. The van der Waals surface area contributed by atoms with E-state index in [9.17, 15) is 0 Å². The predicted octanol–water partition coefficient (Wildman–Crippen LogP) is -0.190. The quantitative estimate of drug-likeness (QED) is 0.592. The van der Waals surface area contributed by atoms with Crippen molar-refractivity contribution in [3.05, 3.63) is 0 Å². The van der Waals surface area contributed by atoms with Crippen LogP contribution in [0.3, 0.4) is 0 Å². The van der Waals surface area contributed by atoms with Gasteiger partial charge in [-0.2, -0.15) is 0 Å². The van der Waals surface area contributed by atoms with Crippen molar-refractivity contribution in [2.45, 2.75) is 6.10 Å². The molecule has 0 aromatic rings.